The van der Waals surface area contributed by atoms with Gasteiger partial charge in [0.2, 0.25) is 5.91 Å². The summed E-state index contributed by atoms with van der Waals surface area (Å²) in [6, 6.07) is 4.40. The zero-order valence-corrected chi connectivity index (χ0v) is 13.7. The van der Waals surface area contributed by atoms with Crippen molar-refractivity contribution in [1.82, 2.24) is 10.6 Å². The van der Waals surface area contributed by atoms with Gasteiger partial charge in [-0.15, -0.1) is 0 Å². The zero-order chi connectivity index (χ0) is 16.7. The summed E-state index contributed by atoms with van der Waals surface area (Å²) in [5.74, 6) is 0.0198. The summed E-state index contributed by atoms with van der Waals surface area (Å²) in [6.45, 7) is 2.38. The van der Waals surface area contributed by atoms with Crippen LogP contribution in [0, 0.1) is 18.7 Å². The highest BCUT2D eigenvalue weighted by molar-refractivity contribution is 5.94. The molecule has 0 atom stereocenters. The van der Waals surface area contributed by atoms with Gasteiger partial charge >= 0.3 is 0 Å². The summed E-state index contributed by atoms with van der Waals surface area (Å²) in [5, 5.41) is 5.48. The third kappa shape index (κ3) is 5.66. The molecule has 1 fully saturated rings. The molecule has 1 aliphatic rings. The van der Waals surface area contributed by atoms with Crippen LogP contribution in [-0.4, -0.2) is 24.9 Å². The van der Waals surface area contributed by atoms with Crippen molar-refractivity contribution in [2.24, 2.45) is 5.92 Å². The molecular weight excluding hydrogens is 295 g/mol. The highest BCUT2D eigenvalue weighted by Crippen LogP contribution is 2.28. The number of amides is 2. The van der Waals surface area contributed by atoms with Gasteiger partial charge in [-0.2, -0.15) is 0 Å². The lowest BCUT2D eigenvalue weighted by molar-refractivity contribution is -0.121. The summed E-state index contributed by atoms with van der Waals surface area (Å²) in [4.78, 5) is 23.6. The third-order valence-electron chi connectivity index (χ3n) is 4.42. The molecule has 0 unspecified atom stereocenters. The maximum Gasteiger partial charge on any atom is 0.251 e. The van der Waals surface area contributed by atoms with E-state index in [4.69, 9.17) is 0 Å². The molecule has 0 bridgehead atoms. The van der Waals surface area contributed by atoms with Crippen molar-refractivity contribution < 1.29 is 14.0 Å². The Labute approximate surface area is 136 Å². The van der Waals surface area contributed by atoms with Gasteiger partial charge in [-0.1, -0.05) is 31.7 Å². The second kappa shape index (κ2) is 8.65. The lowest BCUT2D eigenvalue weighted by Gasteiger charge is -2.10. The summed E-state index contributed by atoms with van der Waals surface area (Å²) >= 11 is 0. The van der Waals surface area contributed by atoms with E-state index in [1.165, 1.54) is 31.7 Å². The minimum Gasteiger partial charge on any atom is -0.354 e. The average molecular weight is 320 g/mol. The highest BCUT2D eigenvalue weighted by Gasteiger charge is 2.16. The molecule has 1 aromatic rings. The van der Waals surface area contributed by atoms with E-state index in [9.17, 15) is 14.0 Å². The molecule has 0 heterocycles. The van der Waals surface area contributed by atoms with Gasteiger partial charge in [0.25, 0.3) is 5.91 Å². The zero-order valence-electron chi connectivity index (χ0n) is 13.7. The van der Waals surface area contributed by atoms with E-state index in [1.807, 2.05) is 0 Å². The van der Waals surface area contributed by atoms with Crippen LogP contribution in [0.5, 0.6) is 0 Å². The Morgan fingerprint density at radius 1 is 1.17 bits per heavy atom. The molecule has 1 saturated carbocycles. The molecule has 0 aliphatic heterocycles. The van der Waals surface area contributed by atoms with Gasteiger partial charge in [-0.05, 0) is 37.0 Å². The number of benzene rings is 1. The quantitative estimate of drug-likeness (QED) is 0.759. The Kier molecular flexibility index (Phi) is 6.56. The predicted molar refractivity (Wildman–Crippen MR) is 87.7 cm³/mol. The first-order valence-electron chi connectivity index (χ1n) is 8.37. The number of nitrogens with one attached hydrogen (secondary N) is 2. The largest absolute Gasteiger partial charge is 0.354 e. The Hall–Kier alpha value is -1.91. The molecule has 2 N–H and O–H groups in total. The molecule has 1 aromatic carbocycles. The molecule has 0 saturated heterocycles. The molecule has 1 aliphatic carbocycles. The first-order valence-corrected chi connectivity index (χ1v) is 8.37. The van der Waals surface area contributed by atoms with Crippen LogP contribution in [0.15, 0.2) is 18.2 Å². The maximum atomic E-state index is 13.4. The van der Waals surface area contributed by atoms with Crippen LogP contribution < -0.4 is 10.6 Å². The molecule has 0 radical (unpaired) electrons. The summed E-state index contributed by atoms with van der Waals surface area (Å²) < 4.78 is 13.4. The Balaban J connectivity index is 1.61. The third-order valence-corrected chi connectivity index (χ3v) is 4.42. The standard InChI is InChI=1S/C18H25FN2O2/c1-13-6-8-15(12-16(13)19)18(23)21-11-10-20-17(22)9-7-14-4-2-3-5-14/h6,8,12,14H,2-5,7,9-11H2,1H3,(H,20,22)(H,21,23). The fourth-order valence-electron chi connectivity index (χ4n) is 2.94. The van der Waals surface area contributed by atoms with E-state index in [1.54, 1.807) is 19.1 Å². The number of rotatable bonds is 7. The Morgan fingerprint density at radius 2 is 1.87 bits per heavy atom. The second-order valence-electron chi connectivity index (χ2n) is 6.26. The molecule has 0 spiro atoms. The van der Waals surface area contributed by atoms with E-state index in [0.717, 1.165) is 6.42 Å². The van der Waals surface area contributed by atoms with Gasteiger partial charge in [0.1, 0.15) is 5.82 Å². The predicted octanol–water partition coefficient (Wildman–Crippen LogP) is 2.95. The smallest absolute Gasteiger partial charge is 0.251 e. The molecule has 5 heteroatoms. The monoisotopic (exact) mass is 320 g/mol. The number of aryl methyl sites for hydroxylation is 1. The van der Waals surface area contributed by atoms with Gasteiger partial charge in [0, 0.05) is 25.1 Å². The number of carbonyl (C=O) groups is 2. The second-order valence-corrected chi connectivity index (χ2v) is 6.26. The van der Waals surface area contributed by atoms with Gasteiger partial charge in [-0.3, -0.25) is 9.59 Å². The van der Waals surface area contributed by atoms with E-state index >= 15 is 0 Å². The maximum absolute atomic E-state index is 13.4. The lowest BCUT2D eigenvalue weighted by atomic mass is 10.0. The van der Waals surface area contributed by atoms with E-state index in [2.05, 4.69) is 10.6 Å². The van der Waals surface area contributed by atoms with Crippen LogP contribution in [0.2, 0.25) is 0 Å². The van der Waals surface area contributed by atoms with Crippen LogP contribution in [0.1, 0.15) is 54.4 Å². The molecule has 126 valence electrons. The number of hydrogen-bond acceptors (Lipinski definition) is 2. The van der Waals surface area contributed by atoms with Gasteiger partial charge in [-0.25, -0.2) is 4.39 Å². The number of halogens is 1. The topological polar surface area (TPSA) is 58.2 Å². The number of hydrogen-bond donors (Lipinski definition) is 2. The van der Waals surface area contributed by atoms with Crippen LogP contribution in [0.25, 0.3) is 0 Å². The van der Waals surface area contributed by atoms with Gasteiger partial charge < -0.3 is 10.6 Å². The van der Waals surface area contributed by atoms with Crippen LogP contribution in [0.3, 0.4) is 0 Å². The number of carbonyl (C=O) groups excluding carboxylic acids is 2. The van der Waals surface area contributed by atoms with E-state index < -0.39 is 5.82 Å². The van der Waals surface area contributed by atoms with Crippen molar-refractivity contribution in [2.45, 2.75) is 45.4 Å². The minimum atomic E-state index is -0.391. The van der Waals surface area contributed by atoms with Crippen molar-refractivity contribution in [3.63, 3.8) is 0 Å². The normalized spacial score (nSPS) is 14.7. The first-order chi connectivity index (χ1) is 11.1. The molecule has 0 aromatic heterocycles. The highest BCUT2D eigenvalue weighted by atomic mass is 19.1. The van der Waals surface area contributed by atoms with E-state index in [0.29, 0.717) is 36.6 Å². The van der Waals surface area contributed by atoms with Crippen LogP contribution >= 0.6 is 0 Å². The van der Waals surface area contributed by atoms with Gasteiger partial charge in [0.15, 0.2) is 0 Å². The van der Waals surface area contributed by atoms with Crippen molar-refractivity contribution in [3.05, 3.63) is 35.1 Å². The van der Waals surface area contributed by atoms with Crippen molar-refractivity contribution in [2.75, 3.05) is 13.1 Å². The molecular formula is C18H25FN2O2. The average Bonchev–Trinajstić information content (AvgIpc) is 3.05. The summed E-state index contributed by atoms with van der Waals surface area (Å²) in [6.07, 6.45) is 6.59. The molecule has 2 rings (SSSR count). The van der Waals surface area contributed by atoms with Crippen LogP contribution in [-0.2, 0) is 4.79 Å². The van der Waals surface area contributed by atoms with Crippen LogP contribution in [0.4, 0.5) is 4.39 Å². The minimum absolute atomic E-state index is 0.0347. The first kappa shape index (κ1) is 17.4. The Bertz CT molecular complexity index is 554. The SMILES string of the molecule is Cc1ccc(C(=O)NCCNC(=O)CCC2CCCC2)cc1F. The van der Waals surface area contributed by atoms with Crippen molar-refractivity contribution >= 4 is 11.8 Å². The molecule has 23 heavy (non-hydrogen) atoms. The molecule has 4 nitrogen and oxygen atoms in total. The Morgan fingerprint density at radius 3 is 2.57 bits per heavy atom. The van der Waals surface area contributed by atoms with Crippen molar-refractivity contribution in [3.8, 4) is 0 Å². The fraction of sp³-hybridized carbons (Fsp3) is 0.556. The lowest BCUT2D eigenvalue weighted by Crippen LogP contribution is -2.34. The molecule has 2 amide bonds. The summed E-state index contributed by atoms with van der Waals surface area (Å²) in [7, 11) is 0. The van der Waals surface area contributed by atoms with E-state index in [-0.39, 0.29) is 11.8 Å². The fourth-order valence-corrected chi connectivity index (χ4v) is 2.94. The van der Waals surface area contributed by atoms with Gasteiger partial charge in [0.05, 0.1) is 0 Å². The summed E-state index contributed by atoms with van der Waals surface area (Å²) in [5.41, 5.74) is 0.803. The van der Waals surface area contributed by atoms with Crippen molar-refractivity contribution in [1.29, 1.82) is 0 Å².